The molecule has 2 heterocycles. The molecular formula is C21H28FN5O3. The van der Waals surface area contributed by atoms with Crippen molar-refractivity contribution < 1.29 is 18.7 Å². The summed E-state index contributed by atoms with van der Waals surface area (Å²) >= 11 is 0. The fourth-order valence-electron chi connectivity index (χ4n) is 3.37. The third-order valence-electron chi connectivity index (χ3n) is 4.93. The van der Waals surface area contributed by atoms with Crippen LogP contribution in [-0.4, -0.2) is 72.4 Å². The Labute approximate surface area is 175 Å². The molecule has 8 nitrogen and oxygen atoms in total. The number of nitrogens with one attached hydrogen (secondary N) is 2. The van der Waals surface area contributed by atoms with E-state index in [2.05, 4.69) is 20.6 Å². The molecule has 1 saturated heterocycles. The average Bonchev–Trinajstić information content (AvgIpc) is 3.19. The van der Waals surface area contributed by atoms with Gasteiger partial charge in [-0.05, 0) is 30.2 Å². The van der Waals surface area contributed by atoms with E-state index in [4.69, 9.17) is 4.74 Å². The number of carbonyl (C=O) groups is 2. The van der Waals surface area contributed by atoms with Crippen LogP contribution in [0.5, 0.6) is 0 Å². The van der Waals surface area contributed by atoms with E-state index in [1.165, 1.54) is 18.3 Å². The second-order valence-corrected chi connectivity index (χ2v) is 7.47. The standard InChI is InChI=1S/C21H28FN5O3/c1-15(2)20-18(13-25-27(20)17-5-3-16(22)4-6-17)21(29)24-14-19(28)23-7-8-26-9-11-30-12-10-26/h3-6,13,15H,7-12,14H2,1-2H3,(H,23,28)(H,24,29). The lowest BCUT2D eigenvalue weighted by molar-refractivity contribution is -0.120. The molecule has 1 aromatic carbocycles. The molecule has 0 saturated carbocycles. The number of carbonyl (C=O) groups excluding carboxylic acids is 2. The van der Waals surface area contributed by atoms with Gasteiger partial charge in [0.25, 0.3) is 5.91 Å². The van der Waals surface area contributed by atoms with Crippen molar-refractivity contribution in [2.45, 2.75) is 19.8 Å². The Hall–Kier alpha value is -2.78. The number of nitrogens with zero attached hydrogens (tertiary/aromatic N) is 3. The van der Waals surface area contributed by atoms with Crippen molar-refractivity contribution >= 4 is 11.8 Å². The Kier molecular flexibility index (Phi) is 7.53. The van der Waals surface area contributed by atoms with Gasteiger partial charge in [0, 0.05) is 26.2 Å². The van der Waals surface area contributed by atoms with Gasteiger partial charge in [0.15, 0.2) is 0 Å². The molecule has 0 atom stereocenters. The number of ether oxygens (including phenoxy) is 1. The highest BCUT2D eigenvalue weighted by Gasteiger charge is 2.21. The van der Waals surface area contributed by atoms with Gasteiger partial charge in [-0.15, -0.1) is 0 Å². The highest BCUT2D eigenvalue weighted by Crippen LogP contribution is 2.23. The molecule has 1 fully saturated rings. The maximum absolute atomic E-state index is 13.2. The van der Waals surface area contributed by atoms with Crippen molar-refractivity contribution in [2.24, 2.45) is 0 Å². The van der Waals surface area contributed by atoms with Crippen LogP contribution < -0.4 is 10.6 Å². The van der Waals surface area contributed by atoms with Gasteiger partial charge in [-0.25, -0.2) is 9.07 Å². The summed E-state index contributed by atoms with van der Waals surface area (Å²) in [7, 11) is 0. The summed E-state index contributed by atoms with van der Waals surface area (Å²) in [6, 6.07) is 5.92. The molecule has 2 N–H and O–H groups in total. The van der Waals surface area contributed by atoms with Gasteiger partial charge >= 0.3 is 0 Å². The summed E-state index contributed by atoms with van der Waals surface area (Å²) in [6.07, 6.45) is 1.48. The largest absolute Gasteiger partial charge is 0.379 e. The first kappa shape index (κ1) is 21.9. The number of aromatic nitrogens is 2. The SMILES string of the molecule is CC(C)c1c(C(=O)NCC(=O)NCCN2CCOCC2)cnn1-c1ccc(F)cc1. The summed E-state index contributed by atoms with van der Waals surface area (Å²) in [4.78, 5) is 27.0. The lowest BCUT2D eigenvalue weighted by atomic mass is 10.0. The topological polar surface area (TPSA) is 88.5 Å². The molecule has 3 rings (SSSR count). The molecule has 30 heavy (non-hydrogen) atoms. The summed E-state index contributed by atoms with van der Waals surface area (Å²) in [5.41, 5.74) is 1.77. The lowest BCUT2D eigenvalue weighted by Crippen LogP contribution is -2.43. The van der Waals surface area contributed by atoms with Crippen LogP contribution in [0.1, 0.15) is 35.8 Å². The molecule has 0 aliphatic carbocycles. The maximum atomic E-state index is 13.2. The fourth-order valence-corrected chi connectivity index (χ4v) is 3.37. The minimum absolute atomic E-state index is 0.000604. The highest BCUT2D eigenvalue weighted by molar-refractivity contribution is 5.97. The van der Waals surface area contributed by atoms with Gasteiger partial charge in [0.05, 0.1) is 42.9 Å². The van der Waals surface area contributed by atoms with Crippen LogP contribution in [0, 0.1) is 5.82 Å². The Bertz CT molecular complexity index is 860. The Balaban J connectivity index is 1.55. The van der Waals surface area contributed by atoms with Crippen LogP contribution in [-0.2, 0) is 9.53 Å². The van der Waals surface area contributed by atoms with Gasteiger partial charge in [0.2, 0.25) is 5.91 Å². The first-order chi connectivity index (χ1) is 14.5. The van der Waals surface area contributed by atoms with E-state index in [1.54, 1.807) is 16.8 Å². The van der Waals surface area contributed by atoms with Gasteiger partial charge in [-0.1, -0.05) is 13.8 Å². The lowest BCUT2D eigenvalue weighted by Gasteiger charge is -2.26. The van der Waals surface area contributed by atoms with Crippen LogP contribution in [0.3, 0.4) is 0 Å². The number of hydrogen-bond donors (Lipinski definition) is 2. The molecule has 162 valence electrons. The van der Waals surface area contributed by atoms with E-state index < -0.39 is 0 Å². The molecule has 0 unspecified atom stereocenters. The molecule has 1 aromatic heterocycles. The molecule has 1 aliphatic rings. The molecule has 9 heteroatoms. The van der Waals surface area contributed by atoms with E-state index in [9.17, 15) is 14.0 Å². The van der Waals surface area contributed by atoms with Gasteiger partial charge in [-0.3, -0.25) is 14.5 Å². The van der Waals surface area contributed by atoms with Crippen molar-refractivity contribution in [1.82, 2.24) is 25.3 Å². The molecule has 2 aromatic rings. The van der Waals surface area contributed by atoms with Crippen molar-refractivity contribution in [3.63, 3.8) is 0 Å². The normalized spacial score (nSPS) is 14.7. The zero-order valence-corrected chi connectivity index (χ0v) is 17.4. The Morgan fingerprint density at radius 2 is 1.87 bits per heavy atom. The van der Waals surface area contributed by atoms with Crippen molar-refractivity contribution in [1.29, 1.82) is 0 Å². The first-order valence-corrected chi connectivity index (χ1v) is 10.1. The van der Waals surface area contributed by atoms with Crippen molar-refractivity contribution in [3.05, 3.63) is 47.5 Å². The van der Waals surface area contributed by atoms with Crippen molar-refractivity contribution in [2.75, 3.05) is 45.9 Å². The second kappa shape index (κ2) is 10.3. The van der Waals surface area contributed by atoms with Crippen LogP contribution in [0.2, 0.25) is 0 Å². The fraction of sp³-hybridized carbons (Fsp3) is 0.476. The van der Waals surface area contributed by atoms with Crippen LogP contribution >= 0.6 is 0 Å². The number of rotatable bonds is 8. The summed E-state index contributed by atoms with van der Waals surface area (Å²) in [5.74, 6) is -0.945. The van der Waals surface area contributed by atoms with Gasteiger partial charge in [-0.2, -0.15) is 5.10 Å². The predicted molar refractivity (Wildman–Crippen MR) is 110 cm³/mol. The minimum atomic E-state index is -0.365. The number of benzene rings is 1. The zero-order valence-electron chi connectivity index (χ0n) is 17.4. The van der Waals surface area contributed by atoms with Crippen LogP contribution in [0.4, 0.5) is 4.39 Å². The number of amides is 2. The molecular weight excluding hydrogens is 389 g/mol. The Morgan fingerprint density at radius 3 is 2.53 bits per heavy atom. The van der Waals surface area contributed by atoms with E-state index in [1.807, 2.05) is 13.8 Å². The van der Waals surface area contributed by atoms with Crippen LogP contribution in [0.25, 0.3) is 5.69 Å². The van der Waals surface area contributed by atoms with E-state index >= 15 is 0 Å². The molecule has 0 bridgehead atoms. The van der Waals surface area contributed by atoms with E-state index in [0.29, 0.717) is 36.7 Å². The van der Waals surface area contributed by atoms with Gasteiger partial charge < -0.3 is 15.4 Å². The number of morpholine rings is 1. The minimum Gasteiger partial charge on any atom is -0.379 e. The number of halogens is 1. The molecule has 0 radical (unpaired) electrons. The number of hydrogen-bond acceptors (Lipinski definition) is 5. The van der Waals surface area contributed by atoms with E-state index in [-0.39, 0.29) is 30.1 Å². The Morgan fingerprint density at radius 1 is 1.17 bits per heavy atom. The first-order valence-electron chi connectivity index (χ1n) is 10.1. The van der Waals surface area contributed by atoms with Crippen molar-refractivity contribution in [3.8, 4) is 5.69 Å². The third-order valence-corrected chi connectivity index (χ3v) is 4.93. The van der Waals surface area contributed by atoms with Crippen LogP contribution in [0.15, 0.2) is 30.5 Å². The predicted octanol–water partition coefficient (Wildman–Crippen LogP) is 1.31. The smallest absolute Gasteiger partial charge is 0.255 e. The van der Waals surface area contributed by atoms with Gasteiger partial charge in [0.1, 0.15) is 5.82 Å². The third kappa shape index (κ3) is 5.64. The molecule has 1 aliphatic heterocycles. The summed E-state index contributed by atoms with van der Waals surface area (Å²) in [5, 5.41) is 9.78. The van der Waals surface area contributed by atoms with E-state index in [0.717, 1.165) is 19.6 Å². The average molecular weight is 417 g/mol. The summed E-state index contributed by atoms with van der Waals surface area (Å²) in [6.45, 7) is 8.23. The summed E-state index contributed by atoms with van der Waals surface area (Å²) < 4.78 is 20.1. The molecule has 2 amide bonds. The quantitative estimate of drug-likeness (QED) is 0.676. The molecule has 0 spiro atoms. The monoisotopic (exact) mass is 417 g/mol. The zero-order chi connectivity index (χ0) is 21.5. The maximum Gasteiger partial charge on any atom is 0.255 e. The second-order valence-electron chi connectivity index (χ2n) is 7.47. The highest BCUT2D eigenvalue weighted by atomic mass is 19.1.